The molecule has 1 N–H and O–H groups in total. The van der Waals surface area contributed by atoms with Gasteiger partial charge in [0.1, 0.15) is 5.75 Å². The SMILES string of the molecule is O=C(O)[C@@]12CCC[C@H]1CN(Cc1cccc(Br)c1OC(F)F)C2. The summed E-state index contributed by atoms with van der Waals surface area (Å²) in [6.07, 6.45) is 2.56. The van der Waals surface area contributed by atoms with Crippen molar-refractivity contribution in [2.24, 2.45) is 11.3 Å². The first kappa shape index (κ1) is 16.6. The fourth-order valence-corrected chi connectivity index (χ4v) is 4.50. The van der Waals surface area contributed by atoms with Gasteiger partial charge in [-0.3, -0.25) is 9.69 Å². The van der Waals surface area contributed by atoms with E-state index >= 15 is 0 Å². The van der Waals surface area contributed by atoms with Crippen molar-refractivity contribution in [3.8, 4) is 5.75 Å². The number of carboxylic acids is 1. The van der Waals surface area contributed by atoms with Gasteiger partial charge in [0, 0.05) is 25.2 Å². The molecular formula is C16H18BrF2NO3. The van der Waals surface area contributed by atoms with E-state index in [1.807, 2.05) is 4.90 Å². The highest BCUT2D eigenvalue weighted by Gasteiger charge is 2.54. The number of ether oxygens (including phenoxy) is 1. The molecule has 1 saturated carbocycles. The smallest absolute Gasteiger partial charge is 0.387 e. The van der Waals surface area contributed by atoms with E-state index in [-0.39, 0.29) is 11.7 Å². The summed E-state index contributed by atoms with van der Waals surface area (Å²) in [5, 5.41) is 9.62. The summed E-state index contributed by atoms with van der Waals surface area (Å²) >= 11 is 3.24. The van der Waals surface area contributed by atoms with Crippen molar-refractivity contribution < 1.29 is 23.4 Å². The number of carboxylic acid groups (broad SMARTS) is 1. The zero-order valence-corrected chi connectivity index (χ0v) is 14.1. The number of fused-ring (bicyclic) bond motifs is 1. The van der Waals surface area contributed by atoms with Crippen molar-refractivity contribution in [2.45, 2.75) is 32.4 Å². The molecule has 126 valence electrons. The molecule has 0 bridgehead atoms. The van der Waals surface area contributed by atoms with Crippen molar-refractivity contribution in [3.63, 3.8) is 0 Å². The second-order valence-corrected chi connectivity index (χ2v) is 7.18. The number of hydrogen-bond acceptors (Lipinski definition) is 3. The molecule has 1 aliphatic carbocycles. The summed E-state index contributed by atoms with van der Waals surface area (Å²) in [7, 11) is 0. The fourth-order valence-electron chi connectivity index (χ4n) is 4.00. The minimum absolute atomic E-state index is 0.129. The molecule has 7 heteroatoms. The summed E-state index contributed by atoms with van der Waals surface area (Å²) in [6.45, 7) is -1.33. The fraction of sp³-hybridized carbons (Fsp3) is 0.562. The number of aliphatic carboxylic acids is 1. The third-order valence-electron chi connectivity index (χ3n) is 5.02. The number of para-hydroxylation sites is 1. The van der Waals surface area contributed by atoms with Crippen LogP contribution in [0, 0.1) is 11.3 Å². The van der Waals surface area contributed by atoms with Gasteiger partial charge in [0.25, 0.3) is 0 Å². The Balaban J connectivity index is 1.79. The lowest BCUT2D eigenvalue weighted by Crippen LogP contribution is -2.35. The number of benzene rings is 1. The molecule has 1 aromatic carbocycles. The van der Waals surface area contributed by atoms with E-state index in [9.17, 15) is 18.7 Å². The second-order valence-electron chi connectivity index (χ2n) is 6.33. The van der Waals surface area contributed by atoms with Gasteiger partial charge in [-0.2, -0.15) is 8.78 Å². The van der Waals surface area contributed by atoms with Gasteiger partial charge in [-0.15, -0.1) is 0 Å². The van der Waals surface area contributed by atoms with Crippen molar-refractivity contribution in [1.82, 2.24) is 4.90 Å². The number of carbonyl (C=O) groups is 1. The third-order valence-corrected chi connectivity index (χ3v) is 5.64. The lowest BCUT2D eigenvalue weighted by atomic mass is 9.81. The van der Waals surface area contributed by atoms with Crippen LogP contribution in [0.15, 0.2) is 22.7 Å². The first-order chi connectivity index (χ1) is 10.9. The van der Waals surface area contributed by atoms with E-state index in [1.165, 1.54) is 0 Å². The summed E-state index contributed by atoms with van der Waals surface area (Å²) < 4.78 is 30.3. The average Bonchev–Trinajstić information content (AvgIpc) is 3.00. The number of hydrogen-bond donors (Lipinski definition) is 1. The van der Waals surface area contributed by atoms with Gasteiger partial charge in [0.15, 0.2) is 0 Å². The number of rotatable bonds is 5. The lowest BCUT2D eigenvalue weighted by molar-refractivity contribution is -0.149. The van der Waals surface area contributed by atoms with Gasteiger partial charge in [-0.05, 0) is 40.8 Å². The molecule has 0 spiro atoms. The van der Waals surface area contributed by atoms with Crippen molar-refractivity contribution >= 4 is 21.9 Å². The summed E-state index contributed by atoms with van der Waals surface area (Å²) in [4.78, 5) is 13.8. The quantitative estimate of drug-likeness (QED) is 0.833. The van der Waals surface area contributed by atoms with Crippen LogP contribution in [-0.2, 0) is 11.3 Å². The van der Waals surface area contributed by atoms with Crippen LogP contribution in [0.25, 0.3) is 0 Å². The molecule has 0 aromatic heterocycles. The van der Waals surface area contributed by atoms with Gasteiger partial charge >= 0.3 is 12.6 Å². The Bertz CT molecular complexity index is 613. The van der Waals surface area contributed by atoms with E-state index in [0.29, 0.717) is 36.1 Å². The minimum atomic E-state index is -2.89. The summed E-state index contributed by atoms with van der Waals surface area (Å²) in [5.41, 5.74) is -0.0318. The molecule has 1 aliphatic heterocycles. The molecule has 2 fully saturated rings. The molecule has 0 unspecified atom stereocenters. The molecule has 3 rings (SSSR count). The van der Waals surface area contributed by atoms with Gasteiger partial charge in [-0.1, -0.05) is 18.6 Å². The van der Waals surface area contributed by atoms with Crippen LogP contribution in [0.2, 0.25) is 0 Å². The Morgan fingerprint density at radius 1 is 1.52 bits per heavy atom. The Hall–Kier alpha value is -1.21. The molecule has 1 aromatic rings. The summed E-state index contributed by atoms with van der Waals surface area (Å²) in [5.74, 6) is -0.462. The zero-order valence-electron chi connectivity index (χ0n) is 12.5. The first-order valence-corrected chi connectivity index (χ1v) is 8.39. The molecule has 23 heavy (non-hydrogen) atoms. The Kier molecular flexibility index (Phi) is 4.60. The van der Waals surface area contributed by atoms with Crippen LogP contribution >= 0.6 is 15.9 Å². The highest BCUT2D eigenvalue weighted by molar-refractivity contribution is 9.10. The Morgan fingerprint density at radius 3 is 2.96 bits per heavy atom. The molecule has 2 atom stereocenters. The largest absolute Gasteiger partial charge is 0.481 e. The molecule has 2 aliphatic rings. The number of likely N-dealkylation sites (tertiary alicyclic amines) is 1. The van der Waals surface area contributed by atoms with E-state index < -0.39 is 18.0 Å². The molecule has 0 amide bonds. The minimum Gasteiger partial charge on any atom is -0.481 e. The van der Waals surface area contributed by atoms with Crippen LogP contribution in [0.3, 0.4) is 0 Å². The van der Waals surface area contributed by atoms with Gasteiger partial charge in [-0.25, -0.2) is 0 Å². The predicted octanol–water partition coefficient (Wildman–Crippen LogP) is 3.74. The van der Waals surface area contributed by atoms with Gasteiger partial charge in [0.05, 0.1) is 9.89 Å². The average molecular weight is 390 g/mol. The maximum atomic E-state index is 12.6. The van der Waals surface area contributed by atoms with Gasteiger partial charge < -0.3 is 9.84 Å². The molecule has 4 nitrogen and oxygen atoms in total. The van der Waals surface area contributed by atoms with E-state index in [0.717, 1.165) is 12.8 Å². The highest BCUT2D eigenvalue weighted by atomic mass is 79.9. The summed E-state index contributed by atoms with van der Waals surface area (Å²) in [6, 6.07) is 5.16. The topological polar surface area (TPSA) is 49.8 Å². The molecule has 1 saturated heterocycles. The van der Waals surface area contributed by atoms with Crippen LogP contribution in [-0.4, -0.2) is 35.7 Å². The van der Waals surface area contributed by atoms with Crippen LogP contribution in [0.5, 0.6) is 5.75 Å². The molecular weight excluding hydrogens is 372 g/mol. The predicted molar refractivity (Wildman–Crippen MR) is 83.5 cm³/mol. The van der Waals surface area contributed by atoms with Crippen LogP contribution < -0.4 is 4.74 Å². The van der Waals surface area contributed by atoms with Crippen molar-refractivity contribution in [2.75, 3.05) is 13.1 Å². The van der Waals surface area contributed by atoms with E-state index in [2.05, 4.69) is 20.7 Å². The number of nitrogens with zero attached hydrogens (tertiary/aromatic N) is 1. The number of halogens is 3. The van der Waals surface area contributed by atoms with E-state index in [4.69, 9.17) is 0 Å². The van der Waals surface area contributed by atoms with E-state index in [1.54, 1.807) is 18.2 Å². The van der Waals surface area contributed by atoms with Crippen LogP contribution in [0.4, 0.5) is 8.78 Å². The molecule has 0 radical (unpaired) electrons. The second kappa shape index (κ2) is 6.36. The zero-order chi connectivity index (χ0) is 16.6. The standard InChI is InChI=1S/C16H18BrF2NO3/c17-12-5-1-3-10(13(12)23-15(18)19)7-20-8-11-4-2-6-16(11,9-20)14(21)22/h1,3,5,11,15H,2,4,6-9H2,(H,21,22)/t11-,16+/m0/s1. The maximum absolute atomic E-state index is 12.6. The maximum Gasteiger partial charge on any atom is 0.387 e. The van der Waals surface area contributed by atoms with Gasteiger partial charge in [0.2, 0.25) is 0 Å². The third kappa shape index (κ3) is 3.08. The van der Waals surface area contributed by atoms with Crippen LogP contribution in [0.1, 0.15) is 24.8 Å². The lowest BCUT2D eigenvalue weighted by Gasteiger charge is -2.24. The Labute approximate surface area is 141 Å². The van der Waals surface area contributed by atoms with Crippen molar-refractivity contribution in [3.05, 3.63) is 28.2 Å². The van der Waals surface area contributed by atoms with Crippen molar-refractivity contribution in [1.29, 1.82) is 0 Å². The Morgan fingerprint density at radius 2 is 2.30 bits per heavy atom. The molecule has 1 heterocycles. The normalized spacial score (nSPS) is 27.4. The monoisotopic (exact) mass is 389 g/mol. The highest BCUT2D eigenvalue weighted by Crippen LogP contribution is 2.49. The number of alkyl halides is 2. The first-order valence-electron chi connectivity index (χ1n) is 7.60.